The molecule has 1 unspecified atom stereocenters. The second kappa shape index (κ2) is 8.05. The molecule has 2 rings (SSSR count). The smallest absolute Gasteiger partial charge is 0.311 e. The van der Waals surface area contributed by atoms with Crippen LogP contribution in [0.3, 0.4) is 0 Å². The van der Waals surface area contributed by atoms with Crippen molar-refractivity contribution in [3.63, 3.8) is 0 Å². The van der Waals surface area contributed by atoms with E-state index in [9.17, 15) is 23.9 Å². The summed E-state index contributed by atoms with van der Waals surface area (Å²) in [5.41, 5.74) is 0.674. The van der Waals surface area contributed by atoms with E-state index in [1.165, 1.54) is 19.1 Å². The van der Waals surface area contributed by atoms with Crippen LogP contribution in [-0.4, -0.2) is 22.9 Å². The second-order valence-electron chi connectivity index (χ2n) is 5.43. The predicted octanol–water partition coefficient (Wildman–Crippen LogP) is 2.98. The summed E-state index contributed by atoms with van der Waals surface area (Å²) in [7, 11) is 0. The Morgan fingerprint density at radius 1 is 1.08 bits per heavy atom. The summed E-state index contributed by atoms with van der Waals surface area (Å²) in [6, 6.07) is 12.1. The fourth-order valence-electron chi connectivity index (χ4n) is 2.32. The quantitative estimate of drug-likeness (QED) is 0.751. The normalized spacial score (nSPS) is 11.4. The molecule has 25 heavy (non-hydrogen) atoms. The fraction of sp³-hybridized carbons (Fsp3) is 0.167. The van der Waals surface area contributed by atoms with Gasteiger partial charge in [-0.05, 0) is 23.8 Å². The SMILES string of the molecule is CC(=O)Nc1ccc(F)c(NC(=O)CC(C(=O)O)c2ccccc2)c1. The van der Waals surface area contributed by atoms with Crippen molar-refractivity contribution in [1.82, 2.24) is 0 Å². The van der Waals surface area contributed by atoms with Crippen LogP contribution in [0.2, 0.25) is 0 Å². The molecule has 0 aliphatic carbocycles. The maximum atomic E-state index is 13.8. The maximum absolute atomic E-state index is 13.8. The van der Waals surface area contributed by atoms with Gasteiger partial charge in [0.15, 0.2) is 0 Å². The van der Waals surface area contributed by atoms with Crippen LogP contribution >= 0.6 is 0 Å². The van der Waals surface area contributed by atoms with Gasteiger partial charge in [-0.25, -0.2) is 4.39 Å². The Hall–Kier alpha value is -3.22. The van der Waals surface area contributed by atoms with Crippen molar-refractivity contribution in [2.75, 3.05) is 10.6 Å². The first-order valence-electron chi connectivity index (χ1n) is 7.51. The molecule has 2 amide bonds. The van der Waals surface area contributed by atoms with E-state index in [-0.39, 0.29) is 18.0 Å². The molecule has 7 heteroatoms. The maximum Gasteiger partial charge on any atom is 0.311 e. The third-order valence-electron chi connectivity index (χ3n) is 3.45. The zero-order chi connectivity index (χ0) is 18.4. The van der Waals surface area contributed by atoms with Gasteiger partial charge in [0.05, 0.1) is 11.6 Å². The number of nitrogens with one attached hydrogen (secondary N) is 2. The van der Waals surface area contributed by atoms with Crippen LogP contribution in [0.5, 0.6) is 0 Å². The summed E-state index contributed by atoms with van der Waals surface area (Å²) in [6.07, 6.45) is -0.344. The highest BCUT2D eigenvalue weighted by Gasteiger charge is 2.23. The summed E-state index contributed by atoms with van der Waals surface area (Å²) in [6.45, 7) is 1.30. The summed E-state index contributed by atoms with van der Waals surface area (Å²) in [4.78, 5) is 34.6. The van der Waals surface area contributed by atoms with Crippen LogP contribution in [0.25, 0.3) is 0 Å². The molecule has 0 fully saturated rings. The van der Waals surface area contributed by atoms with E-state index in [4.69, 9.17) is 0 Å². The monoisotopic (exact) mass is 344 g/mol. The molecule has 3 N–H and O–H groups in total. The third-order valence-corrected chi connectivity index (χ3v) is 3.45. The molecule has 0 radical (unpaired) electrons. The number of carboxylic acids is 1. The lowest BCUT2D eigenvalue weighted by Gasteiger charge is -2.14. The summed E-state index contributed by atoms with van der Waals surface area (Å²) >= 11 is 0. The first kappa shape index (κ1) is 18.1. The second-order valence-corrected chi connectivity index (χ2v) is 5.43. The van der Waals surface area contributed by atoms with Crippen molar-refractivity contribution in [2.24, 2.45) is 0 Å². The van der Waals surface area contributed by atoms with Gasteiger partial charge in [0.2, 0.25) is 11.8 Å². The van der Waals surface area contributed by atoms with Crippen LogP contribution in [0.4, 0.5) is 15.8 Å². The summed E-state index contributed by atoms with van der Waals surface area (Å²) in [5.74, 6) is -3.85. The van der Waals surface area contributed by atoms with Crippen LogP contribution in [0, 0.1) is 5.82 Å². The van der Waals surface area contributed by atoms with Crippen molar-refractivity contribution in [2.45, 2.75) is 19.3 Å². The number of carbonyl (C=O) groups excluding carboxylic acids is 2. The van der Waals surface area contributed by atoms with E-state index in [2.05, 4.69) is 10.6 Å². The molecule has 0 aliphatic rings. The van der Waals surface area contributed by atoms with Crippen molar-refractivity contribution < 1.29 is 23.9 Å². The third kappa shape index (κ3) is 5.13. The molecule has 2 aromatic carbocycles. The van der Waals surface area contributed by atoms with Crippen molar-refractivity contribution in [3.05, 3.63) is 59.9 Å². The molecule has 0 spiro atoms. The molecule has 2 aromatic rings. The zero-order valence-electron chi connectivity index (χ0n) is 13.5. The number of amides is 2. The molecule has 0 saturated heterocycles. The Kier molecular flexibility index (Phi) is 5.84. The van der Waals surface area contributed by atoms with Gasteiger partial charge < -0.3 is 15.7 Å². The number of rotatable bonds is 6. The minimum absolute atomic E-state index is 0.131. The Labute approximate surface area is 143 Å². The van der Waals surface area contributed by atoms with Crippen LogP contribution < -0.4 is 10.6 Å². The van der Waals surface area contributed by atoms with Crippen LogP contribution in [0.1, 0.15) is 24.8 Å². The van der Waals surface area contributed by atoms with Gasteiger partial charge in [0, 0.05) is 19.0 Å². The summed E-state index contributed by atoms with van der Waals surface area (Å²) < 4.78 is 13.8. The van der Waals surface area contributed by atoms with Gasteiger partial charge in [-0.3, -0.25) is 14.4 Å². The van der Waals surface area contributed by atoms with Crippen molar-refractivity contribution >= 4 is 29.2 Å². The molecule has 0 aliphatic heterocycles. The minimum Gasteiger partial charge on any atom is -0.481 e. The Bertz CT molecular complexity index is 793. The fourth-order valence-corrected chi connectivity index (χ4v) is 2.32. The molecule has 6 nitrogen and oxygen atoms in total. The summed E-state index contributed by atoms with van der Waals surface area (Å²) in [5, 5.41) is 14.2. The number of aliphatic carboxylic acids is 1. The molecule has 0 aromatic heterocycles. The first-order chi connectivity index (χ1) is 11.9. The zero-order valence-corrected chi connectivity index (χ0v) is 13.5. The van der Waals surface area contributed by atoms with E-state index in [0.717, 1.165) is 6.07 Å². The lowest BCUT2D eigenvalue weighted by Crippen LogP contribution is -2.21. The number of anilines is 2. The van der Waals surface area contributed by atoms with Crippen LogP contribution in [0.15, 0.2) is 48.5 Å². The van der Waals surface area contributed by atoms with E-state index in [0.29, 0.717) is 11.3 Å². The van der Waals surface area contributed by atoms with Gasteiger partial charge >= 0.3 is 5.97 Å². The van der Waals surface area contributed by atoms with E-state index in [1.807, 2.05) is 0 Å². The minimum atomic E-state index is -1.14. The Morgan fingerprint density at radius 2 is 1.76 bits per heavy atom. The number of carbonyl (C=O) groups is 3. The number of benzene rings is 2. The van der Waals surface area contributed by atoms with Gasteiger partial charge in [-0.1, -0.05) is 30.3 Å². The predicted molar refractivity (Wildman–Crippen MR) is 90.8 cm³/mol. The number of carboxylic acid groups (broad SMARTS) is 1. The lowest BCUT2D eigenvalue weighted by atomic mass is 9.95. The molecule has 0 saturated carbocycles. The number of hydrogen-bond donors (Lipinski definition) is 3. The van der Waals surface area contributed by atoms with E-state index in [1.54, 1.807) is 30.3 Å². The average Bonchev–Trinajstić information content (AvgIpc) is 2.56. The van der Waals surface area contributed by atoms with Crippen molar-refractivity contribution in [1.29, 1.82) is 0 Å². The number of halogens is 1. The highest BCUT2D eigenvalue weighted by Crippen LogP contribution is 2.23. The molecular formula is C18H17FN2O4. The standard InChI is InChI=1S/C18H17FN2O4/c1-11(22)20-13-7-8-15(19)16(9-13)21-17(23)10-14(18(24)25)12-5-3-2-4-6-12/h2-9,14H,10H2,1H3,(H,20,22)(H,21,23)(H,24,25). The molecular weight excluding hydrogens is 327 g/mol. The Morgan fingerprint density at radius 3 is 2.36 bits per heavy atom. The van der Waals surface area contributed by atoms with Crippen molar-refractivity contribution in [3.8, 4) is 0 Å². The molecule has 0 heterocycles. The van der Waals surface area contributed by atoms with E-state index < -0.39 is 23.6 Å². The number of hydrogen-bond acceptors (Lipinski definition) is 3. The van der Waals surface area contributed by atoms with E-state index >= 15 is 0 Å². The first-order valence-corrected chi connectivity index (χ1v) is 7.51. The molecule has 130 valence electrons. The largest absolute Gasteiger partial charge is 0.481 e. The molecule has 1 atom stereocenters. The highest BCUT2D eigenvalue weighted by molar-refractivity contribution is 5.96. The van der Waals surface area contributed by atoms with Gasteiger partial charge in [0.25, 0.3) is 0 Å². The highest BCUT2D eigenvalue weighted by atomic mass is 19.1. The van der Waals surface area contributed by atoms with Gasteiger partial charge in [-0.2, -0.15) is 0 Å². The Balaban J connectivity index is 2.13. The van der Waals surface area contributed by atoms with Crippen LogP contribution in [-0.2, 0) is 14.4 Å². The topological polar surface area (TPSA) is 95.5 Å². The average molecular weight is 344 g/mol. The van der Waals surface area contributed by atoms with Gasteiger partial charge in [0.1, 0.15) is 5.82 Å². The molecule has 0 bridgehead atoms. The van der Waals surface area contributed by atoms with Gasteiger partial charge in [-0.15, -0.1) is 0 Å². The lowest BCUT2D eigenvalue weighted by molar-refractivity contribution is -0.140.